The van der Waals surface area contributed by atoms with E-state index in [0.717, 1.165) is 32.1 Å². The van der Waals surface area contributed by atoms with Gasteiger partial charge in [-0.05, 0) is 24.7 Å². The van der Waals surface area contributed by atoms with Crippen molar-refractivity contribution in [1.29, 1.82) is 0 Å². The molecule has 3 nitrogen and oxygen atoms in total. The van der Waals surface area contributed by atoms with Crippen molar-refractivity contribution >= 4 is 5.97 Å². The standard InChI is InChI=1S/C14H26O3/c1-13(2,3)11-14(7-5-4-6-8-14)12(16)17-10-9-15/h15H,4-11H2,1-3H3. The topological polar surface area (TPSA) is 46.5 Å². The van der Waals surface area contributed by atoms with Gasteiger partial charge in [0.15, 0.2) is 0 Å². The van der Waals surface area contributed by atoms with Crippen LogP contribution in [0.15, 0.2) is 0 Å². The summed E-state index contributed by atoms with van der Waals surface area (Å²) in [5.74, 6) is -0.0961. The highest BCUT2D eigenvalue weighted by Crippen LogP contribution is 2.45. The maximum atomic E-state index is 12.2. The van der Waals surface area contributed by atoms with E-state index < -0.39 is 0 Å². The SMILES string of the molecule is CC(C)(C)CC1(C(=O)OCCO)CCCCC1. The molecule has 0 aromatic carbocycles. The van der Waals surface area contributed by atoms with Gasteiger partial charge in [-0.15, -0.1) is 0 Å². The third-order valence-corrected chi connectivity index (χ3v) is 3.44. The molecule has 0 aromatic rings. The van der Waals surface area contributed by atoms with Crippen molar-refractivity contribution in [2.75, 3.05) is 13.2 Å². The molecule has 17 heavy (non-hydrogen) atoms. The third-order valence-electron chi connectivity index (χ3n) is 3.44. The smallest absolute Gasteiger partial charge is 0.312 e. The number of carbonyl (C=O) groups is 1. The molecule has 1 aliphatic rings. The molecular weight excluding hydrogens is 216 g/mol. The second-order valence-electron chi connectivity index (χ2n) is 6.44. The van der Waals surface area contributed by atoms with Crippen molar-refractivity contribution < 1.29 is 14.6 Å². The lowest BCUT2D eigenvalue weighted by atomic mass is 9.66. The fourth-order valence-electron chi connectivity index (χ4n) is 2.99. The van der Waals surface area contributed by atoms with Crippen LogP contribution >= 0.6 is 0 Å². The fourth-order valence-corrected chi connectivity index (χ4v) is 2.99. The van der Waals surface area contributed by atoms with Crippen LogP contribution in [0.5, 0.6) is 0 Å². The molecule has 0 heterocycles. The first-order valence-electron chi connectivity index (χ1n) is 6.68. The van der Waals surface area contributed by atoms with Crippen molar-refractivity contribution in [2.24, 2.45) is 10.8 Å². The largest absolute Gasteiger partial charge is 0.463 e. The maximum Gasteiger partial charge on any atom is 0.312 e. The minimum atomic E-state index is -0.300. The van der Waals surface area contributed by atoms with E-state index >= 15 is 0 Å². The molecule has 0 atom stereocenters. The molecule has 0 saturated heterocycles. The fraction of sp³-hybridized carbons (Fsp3) is 0.929. The number of hydrogen-bond donors (Lipinski definition) is 1. The number of esters is 1. The number of rotatable bonds is 4. The van der Waals surface area contributed by atoms with Gasteiger partial charge in [0.1, 0.15) is 6.61 Å². The lowest BCUT2D eigenvalue weighted by Gasteiger charge is -2.39. The lowest BCUT2D eigenvalue weighted by Crippen LogP contribution is -2.38. The van der Waals surface area contributed by atoms with Crippen molar-refractivity contribution in [2.45, 2.75) is 59.3 Å². The summed E-state index contributed by atoms with van der Waals surface area (Å²) in [5, 5.41) is 8.75. The molecule has 1 N–H and O–H groups in total. The number of aliphatic hydroxyl groups excluding tert-OH is 1. The molecule has 0 aromatic heterocycles. The first-order valence-corrected chi connectivity index (χ1v) is 6.68. The molecular formula is C14H26O3. The Hall–Kier alpha value is -0.570. The van der Waals surface area contributed by atoms with Crippen LogP contribution in [0.1, 0.15) is 59.3 Å². The van der Waals surface area contributed by atoms with Crippen LogP contribution < -0.4 is 0 Å². The van der Waals surface area contributed by atoms with Gasteiger partial charge in [-0.3, -0.25) is 4.79 Å². The van der Waals surface area contributed by atoms with Gasteiger partial charge in [0.05, 0.1) is 12.0 Å². The predicted octanol–water partition coefficient (Wildman–Crippen LogP) is 2.91. The monoisotopic (exact) mass is 242 g/mol. The average Bonchev–Trinajstić information content (AvgIpc) is 2.24. The summed E-state index contributed by atoms with van der Waals surface area (Å²) < 4.78 is 5.19. The highest BCUT2D eigenvalue weighted by Gasteiger charge is 2.43. The van der Waals surface area contributed by atoms with Crippen LogP contribution in [0, 0.1) is 10.8 Å². The zero-order valence-electron chi connectivity index (χ0n) is 11.4. The van der Waals surface area contributed by atoms with Gasteiger partial charge in [-0.1, -0.05) is 40.0 Å². The van der Waals surface area contributed by atoms with E-state index in [9.17, 15) is 4.79 Å². The summed E-state index contributed by atoms with van der Waals surface area (Å²) in [6.45, 7) is 6.55. The van der Waals surface area contributed by atoms with Crippen LogP contribution in [0.2, 0.25) is 0 Å². The average molecular weight is 242 g/mol. The van der Waals surface area contributed by atoms with Gasteiger partial charge >= 0.3 is 5.97 Å². The Morgan fingerprint density at radius 3 is 2.29 bits per heavy atom. The zero-order chi connectivity index (χ0) is 12.9. The summed E-state index contributed by atoms with van der Waals surface area (Å²) >= 11 is 0. The van der Waals surface area contributed by atoms with Crippen LogP contribution in [0.3, 0.4) is 0 Å². The summed E-state index contributed by atoms with van der Waals surface area (Å²) in [6.07, 6.45) is 6.21. The summed E-state index contributed by atoms with van der Waals surface area (Å²) in [6, 6.07) is 0. The molecule has 3 heteroatoms. The van der Waals surface area contributed by atoms with Crippen molar-refractivity contribution in [3.8, 4) is 0 Å². The number of hydrogen-bond acceptors (Lipinski definition) is 3. The molecule has 1 rings (SSSR count). The van der Waals surface area contributed by atoms with Crippen molar-refractivity contribution in [3.63, 3.8) is 0 Å². The van der Waals surface area contributed by atoms with Crippen molar-refractivity contribution in [1.82, 2.24) is 0 Å². The van der Waals surface area contributed by atoms with E-state index in [1.807, 2.05) is 0 Å². The van der Waals surface area contributed by atoms with Gasteiger partial charge in [0.2, 0.25) is 0 Å². The van der Waals surface area contributed by atoms with Gasteiger partial charge in [0, 0.05) is 0 Å². The molecule has 0 bridgehead atoms. The summed E-state index contributed by atoms with van der Waals surface area (Å²) in [5.41, 5.74) is -0.165. The Kier molecular flexibility index (Phi) is 4.99. The van der Waals surface area contributed by atoms with Crippen LogP contribution in [0.25, 0.3) is 0 Å². The van der Waals surface area contributed by atoms with Gasteiger partial charge in [0.25, 0.3) is 0 Å². The second kappa shape index (κ2) is 5.85. The maximum absolute atomic E-state index is 12.2. The molecule has 1 saturated carbocycles. The van der Waals surface area contributed by atoms with Crippen LogP contribution in [0.4, 0.5) is 0 Å². The molecule has 0 spiro atoms. The van der Waals surface area contributed by atoms with Gasteiger partial charge in [-0.2, -0.15) is 0 Å². The minimum absolute atomic E-state index is 0.0860. The minimum Gasteiger partial charge on any atom is -0.463 e. The molecule has 0 unspecified atom stereocenters. The van der Waals surface area contributed by atoms with Gasteiger partial charge < -0.3 is 9.84 Å². The Labute approximate surface area is 105 Å². The zero-order valence-corrected chi connectivity index (χ0v) is 11.4. The lowest BCUT2D eigenvalue weighted by molar-refractivity contribution is -0.161. The molecule has 0 amide bonds. The number of ether oxygens (including phenoxy) is 1. The van der Waals surface area contributed by atoms with E-state index in [1.165, 1.54) is 6.42 Å². The normalized spacial score (nSPS) is 20.0. The van der Waals surface area contributed by atoms with Crippen LogP contribution in [-0.4, -0.2) is 24.3 Å². The Bertz CT molecular complexity index is 247. The highest BCUT2D eigenvalue weighted by molar-refractivity contribution is 5.77. The van der Waals surface area contributed by atoms with E-state index in [1.54, 1.807) is 0 Å². The third kappa shape index (κ3) is 4.30. The summed E-state index contributed by atoms with van der Waals surface area (Å²) in [7, 11) is 0. The Morgan fingerprint density at radius 2 is 1.82 bits per heavy atom. The molecule has 100 valence electrons. The Balaban J connectivity index is 2.74. The van der Waals surface area contributed by atoms with Crippen molar-refractivity contribution in [3.05, 3.63) is 0 Å². The first-order chi connectivity index (χ1) is 7.90. The second-order valence-corrected chi connectivity index (χ2v) is 6.44. The highest BCUT2D eigenvalue weighted by atomic mass is 16.5. The number of carbonyl (C=O) groups excluding carboxylic acids is 1. The first kappa shape index (κ1) is 14.5. The van der Waals surface area contributed by atoms with E-state index in [2.05, 4.69) is 20.8 Å². The Morgan fingerprint density at radius 1 is 1.24 bits per heavy atom. The predicted molar refractivity (Wildman–Crippen MR) is 67.6 cm³/mol. The number of aliphatic hydroxyl groups is 1. The summed E-state index contributed by atoms with van der Waals surface area (Å²) in [4.78, 5) is 12.2. The molecule has 0 radical (unpaired) electrons. The van der Waals surface area contributed by atoms with E-state index in [-0.39, 0.29) is 30.0 Å². The van der Waals surface area contributed by atoms with Crippen LogP contribution in [-0.2, 0) is 9.53 Å². The molecule has 1 fully saturated rings. The van der Waals surface area contributed by atoms with E-state index in [4.69, 9.17) is 9.84 Å². The van der Waals surface area contributed by atoms with Gasteiger partial charge in [-0.25, -0.2) is 0 Å². The quantitative estimate of drug-likeness (QED) is 0.771. The molecule has 1 aliphatic carbocycles. The van der Waals surface area contributed by atoms with E-state index in [0.29, 0.717) is 0 Å². The molecule has 0 aliphatic heterocycles.